The largest absolute Gasteiger partial charge is 0.481 e. The molecule has 80 valence electrons. The molecular formula is C10H11ClN2O2. The van der Waals surface area contributed by atoms with Gasteiger partial charge >= 0.3 is 5.97 Å². The molecule has 2 rings (SSSR count). The van der Waals surface area contributed by atoms with Crippen molar-refractivity contribution in [2.75, 3.05) is 0 Å². The first kappa shape index (κ1) is 10.4. The Morgan fingerprint density at radius 3 is 3.07 bits per heavy atom. The number of carboxylic acid groups (broad SMARTS) is 1. The van der Waals surface area contributed by atoms with Crippen LogP contribution in [0.2, 0.25) is 5.15 Å². The Balaban J connectivity index is 2.38. The first-order chi connectivity index (χ1) is 7.09. The minimum atomic E-state index is -0.796. The van der Waals surface area contributed by atoms with Crippen LogP contribution in [0.5, 0.6) is 0 Å². The summed E-state index contributed by atoms with van der Waals surface area (Å²) in [5, 5.41) is 9.24. The average molecular weight is 227 g/mol. The van der Waals surface area contributed by atoms with Crippen LogP contribution >= 0.6 is 11.6 Å². The minimum absolute atomic E-state index is 0.0204. The molecule has 0 saturated heterocycles. The van der Waals surface area contributed by atoms with Crippen LogP contribution in [0.4, 0.5) is 0 Å². The molecule has 1 aromatic rings. The molecule has 0 bridgehead atoms. The zero-order valence-corrected chi connectivity index (χ0v) is 9.03. The standard InChI is InChI=1S/C10H11ClN2O2/c1-5-2-6(3-7(14)15)9-8(5)10(11)13-4-12-9/h4-6H,2-3H2,1H3,(H,14,15)/t5-,6?/m1/s1. The highest BCUT2D eigenvalue weighted by molar-refractivity contribution is 6.30. The summed E-state index contributed by atoms with van der Waals surface area (Å²) in [7, 11) is 0. The molecule has 1 unspecified atom stereocenters. The van der Waals surface area contributed by atoms with Gasteiger partial charge in [0.1, 0.15) is 11.5 Å². The van der Waals surface area contributed by atoms with E-state index in [2.05, 4.69) is 9.97 Å². The van der Waals surface area contributed by atoms with E-state index in [-0.39, 0.29) is 18.3 Å². The third-order valence-corrected chi connectivity index (χ3v) is 3.11. The number of carboxylic acids is 1. The van der Waals surface area contributed by atoms with Crippen molar-refractivity contribution in [3.8, 4) is 0 Å². The molecule has 0 amide bonds. The fourth-order valence-corrected chi connectivity index (χ4v) is 2.54. The van der Waals surface area contributed by atoms with Crippen molar-refractivity contribution < 1.29 is 9.90 Å². The van der Waals surface area contributed by atoms with Gasteiger partial charge in [-0.1, -0.05) is 18.5 Å². The van der Waals surface area contributed by atoms with Crippen LogP contribution in [-0.2, 0) is 4.79 Å². The number of carbonyl (C=O) groups is 1. The molecule has 0 aromatic carbocycles. The zero-order valence-electron chi connectivity index (χ0n) is 8.27. The van der Waals surface area contributed by atoms with E-state index in [1.807, 2.05) is 6.92 Å². The lowest BCUT2D eigenvalue weighted by atomic mass is 10.0. The third-order valence-electron chi connectivity index (χ3n) is 2.80. The number of aliphatic carboxylic acids is 1. The predicted molar refractivity (Wildman–Crippen MR) is 55.1 cm³/mol. The van der Waals surface area contributed by atoms with Gasteiger partial charge in [-0.3, -0.25) is 4.79 Å². The molecule has 0 spiro atoms. The first-order valence-electron chi connectivity index (χ1n) is 4.81. The lowest BCUT2D eigenvalue weighted by Gasteiger charge is -2.06. The second-order valence-electron chi connectivity index (χ2n) is 3.89. The van der Waals surface area contributed by atoms with E-state index >= 15 is 0 Å². The SMILES string of the molecule is C[C@@H]1CC(CC(=O)O)c2ncnc(Cl)c21. The van der Waals surface area contributed by atoms with Crippen LogP contribution in [0.25, 0.3) is 0 Å². The van der Waals surface area contributed by atoms with Gasteiger partial charge in [-0.25, -0.2) is 9.97 Å². The van der Waals surface area contributed by atoms with Gasteiger partial charge in [-0.2, -0.15) is 0 Å². The summed E-state index contributed by atoms with van der Waals surface area (Å²) in [4.78, 5) is 18.7. The van der Waals surface area contributed by atoms with E-state index in [1.54, 1.807) is 0 Å². The lowest BCUT2D eigenvalue weighted by Crippen LogP contribution is -2.04. The molecule has 5 heteroatoms. The van der Waals surface area contributed by atoms with E-state index in [0.717, 1.165) is 17.7 Å². The Morgan fingerprint density at radius 2 is 2.40 bits per heavy atom. The Labute approximate surface area is 92.3 Å². The highest BCUT2D eigenvalue weighted by Gasteiger charge is 2.33. The fourth-order valence-electron chi connectivity index (χ4n) is 2.21. The molecule has 0 saturated carbocycles. The highest BCUT2D eigenvalue weighted by atomic mass is 35.5. The Bertz CT molecular complexity index is 408. The summed E-state index contributed by atoms with van der Waals surface area (Å²) >= 11 is 5.97. The number of halogens is 1. The first-order valence-corrected chi connectivity index (χ1v) is 5.19. The van der Waals surface area contributed by atoms with Crippen LogP contribution in [0, 0.1) is 0 Å². The Hall–Kier alpha value is -1.16. The third kappa shape index (κ3) is 1.81. The van der Waals surface area contributed by atoms with E-state index in [4.69, 9.17) is 16.7 Å². The average Bonchev–Trinajstić information content (AvgIpc) is 2.44. The summed E-state index contributed by atoms with van der Waals surface area (Å²) in [6.45, 7) is 2.02. The van der Waals surface area contributed by atoms with Crippen LogP contribution < -0.4 is 0 Å². The minimum Gasteiger partial charge on any atom is -0.481 e. The molecule has 2 atom stereocenters. The molecule has 15 heavy (non-hydrogen) atoms. The van der Waals surface area contributed by atoms with E-state index in [0.29, 0.717) is 5.15 Å². The second kappa shape index (κ2) is 3.77. The number of aromatic nitrogens is 2. The van der Waals surface area contributed by atoms with E-state index in [9.17, 15) is 4.79 Å². The van der Waals surface area contributed by atoms with Crippen LogP contribution in [0.1, 0.15) is 42.9 Å². The van der Waals surface area contributed by atoms with Crippen molar-refractivity contribution >= 4 is 17.6 Å². The fraction of sp³-hybridized carbons (Fsp3) is 0.500. The van der Waals surface area contributed by atoms with Crippen LogP contribution in [0.15, 0.2) is 6.33 Å². The van der Waals surface area contributed by atoms with Gasteiger partial charge in [0.2, 0.25) is 0 Å². The van der Waals surface area contributed by atoms with Gasteiger partial charge in [0, 0.05) is 11.5 Å². The van der Waals surface area contributed by atoms with Gasteiger partial charge in [0.25, 0.3) is 0 Å². The summed E-state index contributed by atoms with van der Waals surface area (Å²) in [6.07, 6.45) is 2.30. The number of hydrogen-bond donors (Lipinski definition) is 1. The molecule has 1 heterocycles. The zero-order chi connectivity index (χ0) is 11.0. The second-order valence-corrected chi connectivity index (χ2v) is 4.25. The summed E-state index contributed by atoms with van der Waals surface area (Å²) in [5.41, 5.74) is 1.73. The van der Waals surface area contributed by atoms with Gasteiger partial charge in [0.05, 0.1) is 12.1 Å². The van der Waals surface area contributed by atoms with E-state index < -0.39 is 5.97 Å². The quantitative estimate of drug-likeness (QED) is 0.786. The van der Waals surface area contributed by atoms with Crippen molar-refractivity contribution in [3.05, 3.63) is 22.7 Å². The van der Waals surface area contributed by atoms with Gasteiger partial charge in [-0.15, -0.1) is 0 Å². The number of hydrogen-bond acceptors (Lipinski definition) is 3. The lowest BCUT2D eigenvalue weighted by molar-refractivity contribution is -0.137. The summed E-state index contributed by atoms with van der Waals surface area (Å²) in [5.74, 6) is -0.569. The van der Waals surface area contributed by atoms with E-state index in [1.165, 1.54) is 6.33 Å². The van der Waals surface area contributed by atoms with Crippen molar-refractivity contribution in [1.29, 1.82) is 0 Å². The monoisotopic (exact) mass is 226 g/mol. The normalized spacial score (nSPS) is 23.9. The molecule has 1 aliphatic carbocycles. The molecule has 1 N–H and O–H groups in total. The maximum Gasteiger partial charge on any atom is 0.304 e. The van der Waals surface area contributed by atoms with Crippen LogP contribution in [0.3, 0.4) is 0 Å². The molecule has 1 aliphatic rings. The van der Waals surface area contributed by atoms with Gasteiger partial charge < -0.3 is 5.11 Å². The number of fused-ring (bicyclic) bond motifs is 1. The van der Waals surface area contributed by atoms with Gasteiger partial charge in [0.15, 0.2) is 0 Å². The predicted octanol–water partition coefficient (Wildman–Crippen LogP) is 2.20. The number of rotatable bonds is 2. The molecular weight excluding hydrogens is 216 g/mol. The maximum absolute atomic E-state index is 10.7. The molecule has 1 aromatic heterocycles. The Kier molecular flexibility index (Phi) is 2.61. The maximum atomic E-state index is 10.7. The summed E-state index contributed by atoms with van der Waals surface area (Å²) < 4.78 is 0. The van der Waals surface area contributed by atoms with Crippen molar-refractivity contribution in [2.45, 2.75) is 31.6 Å². The molecule has 0 fully saturated rings. The van der Waals surface area contributed by atoms with Crippen molar-refractivity contribution in [1.82, 2.24) is 9.97 Å². The smallest absolute Gasteiger partial charge is 0.304 e. The summed E-state index contributed by atoms with van der Waals surface area (Å²) in [6, 6.07) is 0. The molecule has 4 nitrogen and oxygen atoms in total. The topological polar surface area (TPSA) is 63.1 Å². The Morgan fingerprint density at radius 1 is 1.67 bits per heavy atom. The van der Waals surface area contributed by atoms with Crippen molar-refractivity contribution in [2.24, 2.45) is 0 Å². The molecule has 0 radical (unpaired) electrons. The molecule has 0 aliphatic heterocycles. The van der Waals surface area contributed by atoms with Crippen molar-refractivity contribution in [3.63, 3.8) is 0 Å². The van der Waals surface area contributed by atoms with Gasteiger partial charge in [-0.05, 0) is 12.3 Å². The number of nitrogens with zero attached hydrogens (tertiary/aromatic N) is 2. The highest BCUT2D eigenvalue weighted by Crippen LogP contribution is 2.44. The van der Waals surface area contributed by atoms with Crippen LogP contribution in [-0.4, -0.2) is 21.0 Å².